The number of hydrogen-bond acceptors (Lipinski definition) is 3. The van der Waals surface area contributed by atoms with E-state index >= 15 is 0 Å². The first-order valence-electron chi connectivity index (χ1n) is 9.21. The van der Waals surface area contributed by atoms with Crippen molar-refractivity contribution in [3.8, 4) is 17.6 Å². The smallest absolute Gasteiger partial charge is 0.408 e. The maximum Gasteiger partial charge on any atom is 0.408 e. The standard InChI is InChI=1S/C24H17F2NO3/c1-29-20-7-3-6-18(13-20)23-22(27-24(28)30-23)17-5-2-4-15(12-17)8-9-16-10-11-19(25)14-21(16)26/h2-7,10-14,22-23H,1H3,(H,27,28). The van der Waals surface area contributed by atoms with Crippen LogP contribution in [0, 0.1) is 23.5 Å². The maximum absolute atomic E-state index is 13.8. The summed E-state index contributed by atoms with van der Waals surface area (Å²) in [4.78, 5) is 12.0. The molecule has 0 aromatic heterocycles. The van der Waals surface area contributed by atoms with Gasteiger partial charge in [0.1, 0.15) is 17.4 Å². The first kappa shape index (κ1) is 19.5. The number of methoxy groups -OCH3 is 1. The zero-order valence-corrected chi connectivity index (χ0v) is 16.0. The molecule has 2 unspecified atom stereocenters. The fraction of sp³-hybridized carbons (Fsp3) is 0.125. The summed E-state index contributed by atoms with van der Waals surface area (Å²) in [5.41, 5.74) is 2.32. The number of carbonyl (C=O) groups excluding carboxylic acids is 1. The van der Waals surface area contributed by atoms with Crippen molar-refractivity contribution in [2.45, 2.75) is 12.1 Å². The van der Waals surface area contributed by atoms with Gasteiger partial charge in [0.05, 0.1) is 18.7 Å². The van der Waals surface area contributed by atoms with Crippen LogP contribution in [0.5, 0.6) is 5.75 Å². The second kappa shape index (κ2) is 8.26. The molecule has 150 valence electrons. The minimum Gasteiger partial charge on any atom is -0.497 e. The molecule has 1 N–H and O–H groups in total. The van der Waals surface area contributed by atoms with Crippen molar-refractivity contribution in [3.63, 3.8) is 0 Å². The highest BCUT2D eigenvalue weighted by Crippen LogP contribution is 2.37. The van der Waals surface area contributed by atoms with Gasteiger partial charge in [0.25, 0.3) is 0 Å². The van der Waals surface area contributed by atoms with E-state index in [0.29, 0.717) is 11.3 Å². The Hall–Kier alpha value is -3.85. The Morgan fingerprint density at radius 3 is 2.57 bits per heavy atom. The molecule has 3 aromatic carbocycles. The number of hydrogen-bond donors (Lipinski definition) is 1. The van der Waals surface area contributed by atoms with Crippen LogP contribution < -0.4 is 10.1 Å². The van der Waals surface area contributed by atoms with Crippen LogP contribution in [-0.4, -0.2) is 13.2 Å². The van der Waals surface area contributed by atoms with Gasteiger partial charge < -0.3 is 14.8 Å². The molecule has 0 bridgehead atoms. The van der Waals surface area contributed by atoms with Crippen molar-refractivity contribution in [2.75, 3.05) is 7.11 Å². The normalized spacial score (nSPS) is 17.5. The van der Waals surface area contributed by atoms with Crippen molar-refractivity contribution in [2.24, 2.45) is 0 Å². The number of halogens is 2. The summed E-state index contributed by atoms with van der Waals surface area (Å²) in [5.74, 6) is 4.89. The number of rotatable bonds is 3. The summed E-state index contributed by atoms with van der Waals surface area (Å²) < 4.78 is 37.6. The largest absolute Gasteiger partial charge is 0.497 e. The van der Waals surface area contributed by atoms with E-state index in [1.165, 1.54) is 6.07 Å². The third-order valence-corrected chi connectivity index (χ3v) is 4.75. The summed E-state index contributed by atoms with van der Waals surface area (Å²) in [6, 6.07) is 17.4. The molecule has 0 radical (unpaired) electrons. The molecule has 1 fully saturated rings. The summed E-state index contributed by atoms with van der Waals surface area (Å²) >= 11 is 0. The van der Waals surface area contributed by atoms with E-state index in [1.807, 2.05) is 30.3 Å². The lowest BCUT2D eigenvalue weighted by Gasteiger charge is -2.18. The summed E-state index contributed by atoms with van der Waals surface area (Å²) in [6.45, 7) is 0. The van der Waals surface area contributed by atoms with Gasteiger partial charge in [-0.2, -0.15) is 0 Å². The maximum atomic E-state index is 13.8. The second-order valence-corrected chi connectivity index (χ2v) is 6.72. The predicted molar refractivity (Wildman–Crippen MR) is 107 cm³/mol. The van der Waals surface area contributed by atoms with Crippen LogP contribution in [0.4, 0.5) is 13.6 Å². The Balaban J connectivity index is 1.64. The van der Waals surface area contributed by atoms with Crippen molar-refractivity contribution >= 4 is 6.09 Å². The Bertz CT molecular complexity index is 1170. The number of benzene rings is 3. The lowest BCUT2D eigenvalue weighted by Crippen LogP contribution is -2.19. The lowest BCUT2D eigenvalue weighted by atomic mass is 9.95. The fourth-order valence-corrected chi connectivity index (χ4v) is 3.30. The monoisotopic (exact) mass is 405 g/mol. The highest BCUT2D eigenvalue weighted by Gasteiger charge is 2.36. The average Bonchev–Trinajstić information content (AvgIpc) is 3.15. The van der Waals surface area contributed by atoms with E-state index in [0.717, 1.165) is 23.3 Å². The molecule has 1 aliphatic heterocycles. The summed E-state index contributed by atoms with van der Waals surface area (Å²) in [5, 5.41) is 2.82. The highest BCUT2D eigenvalue weighted by molar-refractivity contribution is 5.71. The first-order valence-corrected chi connectivity index (χ1v) is 9.21. The molecule has 2 atom stereocenters. The summed E-state index contributed by atoms with van der Waals surface area (Å²) in [6.07, 6.45) is -1.05. The van der Waals surface area contributed by atoms with E-state index < -0.39 is 29.9 Å². The second-order valence-electron chi connectivity index (χ2n) is 6.72. The van der Waals surface area contributed by atoms with E-state index in [2.05, 4.69) is 17.2 Å². The summed E-state index contributed by atoms with van der Waals surface area (Å²) in [7, 11) is 1.57. The van der Waals surface area contributed by atoms with E-state index in [1.54, 1.807) is 25.3 Å². The third kappa shape index (κ3) is 4.11. The quantitative estimate of drug-likeness (QED) is 0.631. The molecule has 4 rings (SSSR count). The van der Waals surface area contributed by atoms with Gasteiger partial charge in [0.15, 0.2) is 6.10 Å². The molecule has 30 heavy (non-hydrogen) atoms. The van der Waals surface area contributed by atoms with Gasteiger partial charge in [0, 0.05) is 11.6 Å². The zero-order valence-electron chi connectivity index (χ0n) is 16.0. The van der Waals surface area contributed by atoms with Gasteiger partial charge in [-0.1, -0.05) is 36.1 Å². The number of ether oxygens (including phenoxy) is 2. The van der Waals surface area contributed by atoms with Gasteiger partial charge in [-0.3, -0.25) is 0 Å². The van der Waals surface area contributed by atoms with E-state index in [9.17, 15) is 13.6 Å². The minimum atomic E-state index is -0.715. The van der Waals surface area contributed by atoms with Crippen LogP contribution in [0.1, 0.15) is 34.4 Å². The van der Waals surface area contributed by atoms with Gasteiger partial charge in [-0.05, 0) is 47.5 Å². The van der Waals surface area contributed by atoms with Crippen molar-refractivity contribution < 1.29 is 23.0 Å². The van der Waals surface area contributed by atoms with Crippen LogP contribution in [0.15, 0.2) is 66.7 Å². The molecule has 4 nitrogen and oxygen atoms in total. The van der Waals surface area contributed by atoms with Gasteiger partial charge in [-0.25, -0.2) is 13.6 Å². The highest BCUT2D eigenvalue weighted by atomic mass is 19.1. The first-order chi connectivity index (χ1) is 14.5. The topological polar surface area (TPSA) is 47.6 Å². The van der Waals surface area contributed by atoms with Crippen LogP contribution in [0.3, 0.4) is 0 Å². The lowest BCUT2D eigenvalue weighted by molar-refractivity contribution is 0.132. The van der Waals surface area contributed by atoms with Gasteiger partial charge >= 0.3 is 6.09 Å². The van der Waals surface area contributed by atoms with E-state index in [4.69, 9.17) is 9.47 Å². The molecule has 1 amide bonds. The number of amides is 1. The molecule has 1 saturated heterocycles. The van der Waals surface area contributed by atoms with Crippen molar-refractivity contribution in [3.05, 3.63) is 101 Å². The minimum absolute atomic E-state index is 0.105. The Morgan fingerprint density at radius 2 is 1.77 bits per heavy atom. The number of cyclic esters (lactones) is 1. The molecule has 0 saturated carbocycles. The van der Waals surface area contributed by atoms with Crippen molar-refractivity contribution in [1.82, 2.24) is 5.32 Å². The number of alkyl carbamates (subject to hydrolysis) is 1. The number of carbonyl (C=O) groups is 1. The molecule has 1 aliphatic rings. The Kier molecular flexibility index (Phi) is 5.36. The third-order valence-electron chi connectivity index (χ3n) is 4.75. The fourth-order valence-electron chi connectivity index (χ4n) is 3.30. The average molecular weight is 405 g/mol. The Labute approximate surface area is 172 Å². The van der Waals surface area contributed by atoms with Crippen LogP contribution in [0.2, 0.25) is 0 Å². The van der Waals surface area contributed by atoms with Gasteiger partial charge in [-0.15, -0.1) is 0 Å². The molecule has 0 aliphatic carbocycles. The predicted octanol–water partition coefficient (Wildman–Crippen LogP) is 4.90. The van der Waals surface area contributed by atoms with Crippen molar-refractivity contribution in [1.29, 1.82) is 0 Å². The van der Waals surface area contributed by atoms with Crippen LogP contribution in [0.25, 0.3) is 0 Å². The molecule has 6 heteroatoms. The Morgan fingerprint density at radius 1 is 0.967 bits per heavy atom. The SMILES string of the molecule is COc1cccc(C2OC(=O)NC2c2cccc(C#Cc3ccc(F)cc3F)c2)c1. The molecule has 1 heterocycles. The van der Waals surface area contributed by atoms with E-state index in [-0.39, 0.29) is 5.56 Å². The van der Waals surface area contributed by atoms with Crippen LogP contribution in [-0.2, 0) is 4.74 Å². The molecule has 0 spiro atoms. The molecular weight excluding hydrogens is 388 g/mol. The molecular formula is C24H17F2NO3. The molecule has 3 aromatic rings. The van der Waals surface area contributed by atoms with Gasteiger partial charge in [0.2, 0.25) is 0 Å². The number of nitrogens with one attached hydrogen (secondary N) is 1. The van der Waals surface area contributed by atoms with Crippen LogP contribution >= 0.6 is 0 Å². The zero-order chi connectivity index (χ0) is 21.1.